The number of aryl methyl sites for hydroxylation is 1. The molecule has 0 saturated carbocycles. The predicted molar refractivity (Wildman–Crippen MR) is 67.5 cm³/mol. The van der Waals surface area contributed by atoms with Gasteiger partial charge in [-0.25, -0.2) is 8.78 Å². The quantitative estimate of drug-likeness (QED) is 0.848. The van der Waals surface area contributed by atoms with Crippen molar-refractivity contribution in [1.82, 2.24) is 15.5 Å². The van der Waals surface area contributed by atoms with Gasteiger partial charge in [0.15, 0.2) is 5.01 Å². The zero-order valence-electron chi connectivity index (χ0n) is 9.91. The Bertz CT molecular complexity index is 508. The molecule has 0 aliphatic rings. The van der Waals surface area contributed by atoms with E-state index in [1.165, 1.54) is 29.5 Å². The fraction of sp³-hybridized carbons (Fsp3) is 0.333. The summed E-state index contributed by atoms with van der Waals surface area (Å²) in [7, 11) is 1.88. The Morgan fingerprint density at radius 1 is 1.22 bits per heavy atom. The summed E-state index contributed by atoms with van der Waals surface area (Å²) in [6, 6.07) is 3.78. The molecule has 0 fully saturated rings. The first kappa shape index (κ1) is 13.0. The second kappa shape index (κ2) is 5.97. The molecule has 0 radical (unpaired) electrons. The summed E-state index contributed by atoms with van der Waals surface area (Å²) in [5.74, 6) is -1.21. The summed E-state index contributed by atoms with van der Waals surface area (Å²) in [6.45, 7) is 0.878. The van der Waals surface area contributed by atoms with Crippen LogP contribution in [0.1, 0.15) is 11.4 Å². The molecule has 0 aliphatic carbocycles. The van der Waals surface area contributed by atoms with Crippen LogP contribution in [-0.4, -0.2) is 23.8 Å². The van der Waals surface area contributed by atoms with Crippen molar-refractivity contribution in [2.24, 2.45) is 0 Å². The van der Waals surface area contributed by atoms with Crippen LogP contribution in [0.3, 0.4) is 0 Å². The van der Waals surface area contributed by atoms with Crippen LogP contribution < -0.4 is 5.32 Å². The average molecular weight is 269 g/mol. The minimum Gasteiger partial charge on any atom is -0.320 e. The molecule has 3 nitrogen and oxygen atoms in total. The van der Waals surface area contributed by atoms with E-state index in [1.807, 2.05) is 7.05 Å². The highest BCUT2D eigenvalue weighted by molar-refractivity contribution is 7.14. The van der Waals surface area contributed by atoms with Crippen LogP contribution in [0.15, 0.2) is 18.2 Å². The van der Waals surface area contributed by atoms with E-state index in [2.05, 4.69) is 15.5 Å². The van der Waals surface area contributed by atoms with E-state index in [1.54, 1.807) is 0 Å². The smallest absolute Gasteiger partial charge is 0.153 e. The zero-order valence-corrected chi connectivity index (χ0v) is 10.7. The standard InChI is InChI=1S/C12H13F2N3S/c1-15-7-3-6-10-16-17-12(18-10)11-8(13)4-2-5-9(11)14/h2,4-5,15H,3,6-7H2,1H3. The molecule has 0 unspecified atom stereocenters. The van der Waals surface area contributed by atoms with Gasteiger partial charge in [-0.1, -0.05) is 17.4 Å². The van der Waals surface area contributed by atoms with E-state index in [0.29, 0.717) is 5.01 Å². The van der Waals surface area contributed by atoms with Gasteiger partial charge in [0.1, 0.15) is 16.6 Å². The van der Waals surface area contributed by atoms with Gasteiger partial charge in [0, 0.05) is 6.42 Å². The van der Waals surface area contributed by atoms with E-state index in [4.69, 9.17) is 0 Å². The third kappa shape index (κ3) is 2.88. The largest absolute Gasteiger partial charge is 0.320 e. The minimum atomic E-state index is -0.604. The van der Waals surface area contributed by atoms with E-state index in [9.17, 15) is 8.78 Å². The van der Waals surface area contributed by atoms with Crippen LogP contribution >= 0.6 is 11.3 Å². The molecular weight excluding hydrogens is 256 g/mol. The van der Waals surface area contributed by atoms with Gasteiger partial charge >= 0.3 is 0 Å². The highest BCUT2D eigenvalue weighted by Gasteiger charge is 2.15. The van der Waals surface area contributed by atoms with Gasteiger partial charge in [-0.3, -0.25) is 0 Å². The maximum atomic E-state index is 13.5. The molecule has 0 bridgehead atoms. The first-order chi connectivity index (χ1) is 8.72. The monoisotopic (exact) mass is 269 g/mol. The van der Waals surface area contributed by atoms with Crippen molar-refractivity contribution in [3.05, 3.63) is 34.8 Å². The van der Waals surface area contributed by atoms with Crippen molar-refractivity contribution in [2.45, 2.75) is 12.8 Å². The Labute approximate surface area is 108 Å². The van der Waals surface area contributed by atoms with Crippen molar-refractivity contribution in [1.29, 1.82) is 0 Å². The van der Waals surface area contributed by atoms with Crippen LogP contribution in [-0.2, 0) is 6.42 Å². The minimum absolute atomic E-state index is 0.0881. The van der Waals surface area contributed by atoms with Crippen LogP contribution in [0.2, 0.25) is 0 Å². The molecule has 96 valence electrons. The van der Waals surface area contributed by atoms with Gasteiger partial charge < -0.3 is 5.32 Å². The number of hydrogen-bond donors (Lipinski definition) is 1. The molecule has 2 aromatic rings. The molecule has 1 aromatic carbocycles. The molecule has 0 amide bonds. The van der Waals surface area contributed by atoms with Crippen LogP contribution in [0, 0.1) is 11.6 Å². The Morgan fingerprint density at radius 3 is 2.61 bits per heavy atom. The lowest BCUT2D eigenvalue weighted by Crippen LogP contribution is -2.08. The lowest BCUT2D eigenvalue weighted by molar-refractivity contribution is 0.589. The van der Waals surface area contributed by atoms with Gasteiger partial charge in [-0.15, -0.1) is 10.2 Å². The topological polar surface area (TPSA) is 37.8 Å². The molecular formula is C12H13F2N3S. The van der Waals surface area contributed by atoms with Crippen molar-refractivity contribution < 1.29 is 8.78 Å². The van der Waals surface area contributed by atoms with E-state index in [-0.39, 0.29) is 5.56 Å². The molecule has 1 N–H and O–H groups in total. The lowest BCUT2D eigenvalue weighted by atomic mass is 10.2. The summed E-state index contributed by atoms with van der Waals surface area (Å²) in [5, 5.41) is 11.9. The third-order valence-electron chi connectivity index (χ3n) is 2.46. The van der Waals surface area contributed by atoms with Crippen molar-refractivity contribution in [3.8, 4) is 10.6 Å². The Morgan fingerprint density at radius 2 is 1.94 bits per heavy atom. The Balaban J connectivity index is 2.19. The molecule has 0 spiro atoms. The molecule has 18 heavy (non-hydrogen) atoms. The van der Waals surface area contributed by atoms with Crippen LogP contribution in [0.25, 0.3) is 10.6 Å². The first-order valence-corrected chi connectivity index (χ1v) is 6.45. The summed E-state index contributed by atoms with van der Waals surface area (Å²) in [4.78, 5) is 0. The summed E-state index contributed by atoms with van der Waals surface area (Å²) in [5.41, 5.74) is -0.0881. The number of hydrogen-bond acceptors (Lipinski definition) is 4. The highest BCUT2D eigenvalue weighted by Crippen LogP contribution is 2.28. The fourth-order valence-electron chi connectivity index (χ4n) is 1.57. The molecule has 1 heterocycles. The van der Waals surface area contributed by atoms with E-state index >= 15 is 0 Å². The van der Waals surface area contributed by atoms with Gasteiger partial charge in [0.2, 0.25) is 0 Å². The maximum absolute atomic E-state index is 13.5. The van der Waals surface area contributed by atoms with E-state index < -0.39 is 11.6 Å². The van der Waals surface area contributed by atoms with Crippen LogP contribution in [0.5, 0.6) is 0 Å². The fourth-order valence-corrected chi connectivity index (χ4v) is 2.50. The van der Waals surface area contributed by atoms with Gasteiger partial charge in [0.05, 0.1) is 5.56 Å². The maximum Gasteiger partial charge on any atom is 0.153 e. The van der Waals surface area contributed by atoms with Crippen molar-refractivity contribution in [2.75, 3.05) is 13.6 Å². The molecule has 2 rings (SSSR count). The number of nitrogens with one attached hydrogen (secondary N) is 1. The summed E-state index contributed by atoms with van der Waals surface area (Å²) >= 11 is 1.23. The predicted octanol–water partition coefficient (Wildman–Crippen LogP) is 2.64. The Hall–Kier alpha value is -1.40. The van der Waals surface area contributed by atoms with Crippen LogP contribution in [0.4, 0.5) is 8.78 Å². The van der Waals surface area contributed by atoms with Gasteiger partial charge in [-0.05, 0) is 32.1 Å². The Kier molecular flexibility index (Phi) is 4.33. The van der Waals surface area contributed by atoms with Crippen molar-refractivity contribution in [3.63, 3.8) is 0 Å². The SMILES string of the molecule is CNCCCc1nnc(-c2c(F)cccc2F)s1. The molecule has 1 aromatic heterocycles. The molecule has 0 aliphatic heterocycles. The normalized spacial score (nSPS) is 10.8. The average Bonchev–Trinajstić information content (AvgIpc) is 2.78. The second-order valence-corrected chi connectivity index (χ2v) is 4.87. The number of nitrogens with zero attached hydrogens (tertiary/aromatic N) is 2. The second-order valence-electron chi connectivity index (χ2n) is 3.80. The third-order valence-corrected chi connectivity index (χ3v) is 3.46. The molecule has 0 saturated heterocycles. The van der Waals surface area contributed by atoms with Gasteiger partial charge in [-0.2, -0.15) is 0 Å². The number of aromatic nitrogens is 2. The lowest BCUT2D eigenvalue weighted by Gasteiger charge is -1.99. The number of benzene rings is 1. The number of rotatable bonds is 5. The summed E-state index contributed by atoms with van der Waals surface area (Å²) < 4.78 is 27.1. The van der Waals surface area contributed by atoms with Gasteiger partial charge in [0.25, 0.3) is 0 Å². The summed E-state index contributed by atoms with van der Waals surface area (Å²) in [6.07, 6.45) is 1.68. The highest BCUT2D eigenvalue weighted by atomic mass is 32.1. The zero-order chi connectivity index (χ0) is 13.0. The number of halogens is 2. The van der Waals surface area contributed by atoms with E-state index in [0.717, 1.165) is 24.4 Å². The first-order valence-electron chi connectivity index (χ1n) is 5.63. The molecule has 6 heteroatoms. The van der Waals surface area contributed by atoms with Crippen molar-refractivity contribution >= 4 is 11.3 Å². The molecule has 0 atom stereocenters.